The van der Waals surface area contributed by atoms with Crippen molar-refractivity contribution in [3.63, 3.8) is 0 Å². The number of amides is 1. The first-order valence-electron chi connectivity index (χ1n) is 11.6. The van der Waals surface area contributed by atoms with Crippen molar-refractivity contribution in [2.45, 2.75) is 24.9 Å². The number of anilines is 1. The van der Waals surface area contributed by atoms with Crippen LogP contribution in [-0.2, 0) is 23.1 Å². The van der Waals surface area contributed by atoms with Crippen molar-refractivity contribution in [1.29, 1.82) is 0 Å². The number of fused-ring (bicyclic) bond motifs is 1. The van der Waals surface area contributed by atoms with E-state index in [-0.39, 0.29) is 23.9 Å². The molecular weight excluding hydrogens is 506 g/mol. The lowest BCUT2D eigenvalue weighted by Crippen LogP contribution is -2.30. The van der Waals surface area contributed by atoms with Crippen LogP contribution in [0.5, 0.6) is 0 Å². The summed E-state index contributed by atoms with van der Waals surface area (Å²) < 4.78 is 34.0. The van der Waals surface area contributed by atoms with Crippen LogP contribution < -0.4 is 4.90 Å². The Morgan fingerprint density at radius 1 is 0.919 bits per heavy atom. The summed E-state index contributed by atoms with van der Waals surface area (Å²) in [5.41, 5.74) is 3.12. The molecule has 0 atom stereocenters. The van der Waals surface area contributed by atoms with Gasteiger partial charge in [0.15, 0.2) is 5.13 Å². The van der Waals surface area contributed by atoms with Crippen LogP contribution >= 0.6 is 11.3 Å². The molecule has 1 amide bonds. The predicted octanol–water partition coefficient (Wildman–Crippen LogP) is 5.87. The molecule has 0 saturated carbocycles. The smallest absolute Gasteiger partial charge is 0.260 e. The van der Waals surface area contributed by atoms with Crippen molar-refractivity contribution in [2.24, 2.45) is 0 Å². The Morgan fingerprint density at radius 2 is 1.68 bits per heavy atom. The van der Waals surface area contributed by atoms with Gasteiger partial charge in [0.1, 0.15) is 5.76 Å². The van der Waals surface area contributed by atoms with Crippen molar-refractivity contribution in [3.05, 3.63) is 114 Å². The monoisotopic (exact) mass is 531 g/mol. The van der Waals surface area contributed by atoms with E-state index in [9.17, 15) is 13.2 Å². The highest BCUT2D eigenvalue weighted by Gasteiger charge is 2.25. The van der Waals surface area contributed by atoms with E-state index in [1.54, 1.807) is 42.5 Å². The Hall–Kier alpha value is -3.79. The average Bonchev–Trinajstić information content (AvgIpc) is 3.58. The van der Waals surface area contributed by atoms with Crippen LogP contribution in [0, 0.1) is 6.92 Å². The highest BCUT2D eigenvalue weighted by atomic mass is 32.2. The molecule has 3 aromatic carbocycles. The molecular formula is C28H25N3O4S2. The fraction of sp³-hybridized carbons (Fsp3) is 0.143. The van der Waals surface area contributed by atoms with Crippen molar-refractivity contribution >= 4 is 42.6 Å². The van der Waals surface area contributed by atoms with Crippen molar-refractivity contribution in [1.82, 2.24) is 9.29 Å². The third-order valence-electron chi connectivity index (χ3n) is 6.04. The number of furan rings is 1. The molecule has 5 aromatic rings. The predicted molar refractivity (Wildman–Crippen MR) is 145 cm³/mol. The third-order valence-corrected chi connectivity index (χ3v) is 8.90. The first-order valence-corrected chi connectivity index (χ1v) is 13.9. The number of sulfonamides is 1. The molecule has 9 heteroatoms. The maximum Gasteiger partial charge on any atom is 0.260 e. The SMILES string of the molecule is Cc1cccc2sc(N(Cc3ccco3)C(=O)c3ccc(S(=O)(=O)N(C)Cc4ccccc4)cc3)nc12. The normalized spacial score (nSPS) is 11.8. The number of benzene rings is 3. The Balaban J connectivity index is 1.43. The number of aryl methyl sites for hydroxylation is 1. The summed E-state index contributed by atoms with van der Waals surface area (Å²) in [6, 6.07) is 24.9. The first-order chi connectivity index (χ1) is 17.8. The minimum atomic E-state index is -3.73. The van der Waals surface area contributed by atoms with Crippen LogP contribution in [0.25, 0.3) is 10.2 Å². The van der Waals surface area contributed by atoms with Crippen molar-refractivity contribution in [2.75, 3.05) is 11.9 Å². The molecule has 0 bridgehead atoms. The molecule has 37 heavy (non-hydrogen) atoms. The van der Waals surface area contributed by atoms with Gasteiger partial charge >= 0.3 is 0 Å². The van der Waals surface area contributed by atoms with E-state index in [0.29, 0.717) is 16.5 Å². The minimum absolute atomic E-state index is 0.121. The second-order valence-corrected chi connectivity index (χ2v) is 11.7. The van der Waals surface area contributed by atoms with Gasteiger partial charge in [-0.05, 0) is 60.5 Å². The van der Waals surface area contributed by atoms with Crippen LogP contribution in [0.1, 0.15) is 27.2 Å². The van der Waals surface area contributed by atoms with Gasteiger partial charge < -0.3 is 4.42 Å². The lowest BCUT2D eigenvalue weighted by atomic mass is 10.2. The molecule has 0 fully saturated rings. The highest BCUT2D eigenvalue weighted by Crippen LogP contribution is 2.32. The van der Waals surface area contributed by atoms with Crippen LogP contribution in [0.3, 0.4) is 0 Å². The summed E-state index contributed by atoms with van der Waals surface area (Å²) >= 11 is 1.43. The highest BCUT2D eigenvalue weighted by molar-refractivity contribution is 7.89. The average molecular weight is 532 g/mol. The van der Waals surface area contributed by atoms with E-state index in [1.807, 2.05) is 55.5 Å². The molecule has 0 radical (unpaired) electrons. The Kier molecular flexibility index (Phi) is 6.92. The number of carbonyl (C=O) groups is 1. The molecule has 188 valence electrons. The van der Waals surface area contributed by atoms with Gasteiger partial charge in [0.2, 0.25) is 10.0 Å². The topological polar surface area (TPSA) is 83.7 Å². The second-order valence-electron chi connectivity index (χ2n) is 8.66. The zero-order chi connectivity index (χ0) is 26.0. The van der Waals surface area contributed by atoms with Gasteiger partial charge in [-0.15, -0.1) is 0 Å². The van der Waals surface area contributed by atoms with E-state index in [1.165, 1.54) is 27.8 Å². The fourth-order valence-corrected chi connectivity index (χ4v) is 6.21. The molecule has 0 saturated heterocycles. The van der Waals surface area contributed by atoms with E-state index in [4.69, 9.17) is 9.40 Å². The van der Waals surface area contributed by atoms with E-state index in [0.717, 1.165) is 21.3 Å². The van der Waals surface area contributed by atoms with Crippen molar-refractivity contribution in [3.8, 4) is 0 Å². The largest absolute Gasteiger partial charge is 0.467 e. The Labute approximate surface area is 219 Å². The summed E-state index contributed by atoms with van der Waals surface area (Å²) in [7, 11) is -2.19. The molecule has 5 rings (SSSR count). The van der Waals surface area contributed by atoms with Gasteiger partial charge in [0, 0.05) is 19.2 Å². The third kappa shape index (κ3) is 5.20. The van der Waals surface area contributed by atoms with Crippen LogP contribution in [0.15, 0.2) is 101 Å². The van der Waals surface area contributed by atoms with Gasteiger partial charge in [-0.1, -0.05) is 53.8 Å². The quantitative estimate of drug-likeness (QED) is 0.250. The van der Waals surface area contributed by atoms with Gasteiger partial charge in [0.05, 0.1) is 27.9 Å². The Morgan fingerprint density at radius 3 is 2.35 bits per heavy atom. The summed E-state index contributed by atoms with van der Waals surface area (Å²) in [4.78, 5) is 20.1. The molecule has 0 unspecified atom stereocenters. The number of nitrogens with zero attached hydrogens (tertiary/aromatic N) is 3. The number of thiazole rings is 1. The molecule has 0 N–H and O–H groups in total. The van der Waals surface area contributed by atoms with Crippen molar-refractivity contribution < 1.29 is 17.6 Å². The van der Waals surface area contributed by atoms with Gasteiger partial charge in [-0.3, -0.25) is 9.69 Å². The molecule has 0 aliphatic carbocycles. The number of carbonyl (C=O) groups excluding carboxylic acids is 1. The molecule has 2 heterocycles. The lowest BCUT2D eigenvalue weighted by Gasteiger charge is -2.20. The minimum Gasteiger partial charge on any atom is -0.467 e. The van der Waals surface area contributed by atoms with Gasteiger partial charge in [-0.25, -0.2) is 13.4 Å². The molecule has 2 aromatic heterocycles. The number of rotatable bonds is 8. The first kappa shape index (κ1) is 24.9. The molecule has 7 nitrogen and oxygen atoms in total. The standard InChI is InChI=1S/C28H25N3O4S2/c1-20-8-6-12-25-26(20)29-28(36-25)31(19-23-11-7-17-35-23)27(32)22-13-15-24(16-14-22)37(33,34)30(2)18-21-9-4-3-5-10-21/h3-17H,18-19H2,1-2H3. The maximum absolute atomic E-state index is 13.7. The summed E-state index contributed by atoms with van der Waals surface area (Å²) in [5.74, 6) is 0.320. The van der Waals surface area contributed by atoms with E-state index in [2.05, 4.69) is 0 Å². The van der Waals surface area contributed by atoms with Gasteiger partial charge in [-0.2, -0.15) is 4.31 Å². The number of aromatic nitrogens is 1. The van der Waals surface area contributed by atoms with Gasteiger partial charge in [0.25, 0.3) is 5.91 Å². The van der Waals surface area contributed by atoms with E-state index < -0.39 is 10.0 Å². The summed E-state index contributed by atoms with van der Waals surface area (Å²) in [6.45, 7) is 2.43. The maximum atomic E-state index is 13.7. The summed E-state index contributed by atoms with van der Waals surface area (Å²) in [6.07, 6.45) is 1.56. The van der Waals surface area contributed by atoms with Crippen LogP contribution in [0.2, 0.25) is 0 Å². The summed E-state index contributed by atoms with van der Waals surface area (Å²) in [5, 5.41) is 0.546. The molecule has 0 spiro atoms. The number of para-hydroxylation sites is 1. The zero-order valence-electron chi connectivity index (χ0n) is 20.4. The Bertz CT molecular complexity index is 1630. The van der Waals surface area contributed by atoms with Crippen LogP contribution in [-0.4, -0.2) is 30.7 Å². The second kappa shape index (κ2) is 10.3. The zero-order valence-corrected chi connectivity index (χ0v) is 22.0. The molecule has 0 aliphatic heterocycles. The fourth-order valence-electron chi connectivity index (χ4n) is 4.01. The lowest BCUT2D eigenvalue weighted by molar-refractivity contribution is 0.0983. The number of hydrogen-bond donors (Lipinski definition) is 0. The molecule has 0 aliphatic rings. The van der Waals surface area contributed by atoms with Crippen LogP contribution in [0.4, 0.5) is 5.13 Å². The number of hydrogen-bond acceptors (Lipinski definition) is 6. The van der Waals surface area contributed by atoms with E-state index >= 15 is 0 Å².